The molecule has 6 nitrogen and oxygen atoms in total. The molecule has 2 amide bonds. The number of carbonyl (C=O) groups excluding carboxylic acids is 1. The minimum Gasteiger partial charge on any atom is -0.400 e. The second-order valence-electron chi connectivity index (χ2n) is 8.13. The number of urea groups is 1. The minimum absolute atomic E-state index is 0.0441. The Hall–Kier alpha value is -1.21. The van der Waals surface area contributed by atoms with E-state index in [1.807, 2.05) is 13.8 Å². The maximum atomic E-state index is 13.0. The molecule has 32 heavy (non-hydrogen) atoms. The van der Waals surface area contributed by atoms with E-state index < -0.39 is 0 Å². The molecular formula is C25H50N4O2S. The van der Waals surface area contributed by atoms with Crippen molar-refractivity contribution in [1.29, 1.82) is 0 Å². The average Bonchev–Trinajstić information content (AvgIpc) is 3.31. The number of aliphatic hydroxyl groups excluding tert-OH is 1. The normalized spacial score (nSPS) is 16.3. The van der Waals surface area contributed by atoms with E-state index in [0.29, 0.717) is 17.2 Å². The van der Waals surface area contributed by atoms with E-state index in [2.05, 4.69) is 41.2 Å². The number of hydrogen-bond acceptors (Lipinski definition) is 5. The molecule has 0 atom stereocenters. The van der Waals surface area contributed by atoms with E-state index in [4.69, 9.17) is 5.11 Å². The van der Waals surface area contributed by atoms with Gasteiger partial charge >= 0.3 is 6.03 Å². The smallest absolute Gasteiger partial charge is 0.324 e. The van der Waals surface area contributed by atoms with Crippen molar-refractivity contribution >= 4 is 22.5 Å². The molecule has 7 heteroatoms. The van der Waals surface area contributed by atoms with E-state index >= 15 is 0 Å². The fourth-order valence-electron chi connectivity index (χ4n) is 4.30. The molecule has 2 fully saturated rings. The Morgan fingerprint density at radius 3 is 1.72 bits per heavy atom. The Morgan fingerprint density at radius 2 is 1.38 bits per heavy atom. The van der Waals surface area contributed by atoms with Crippen molar-refractivity contribution in [3.8, 4) is 0 Å². The van der Waals surface area contributed by atoms with Crippen LogP contribution in [-0.4, -0.2) is 45.4 Å². The lowest BCUT2D eigenvalue weighted by molar-refractivity contribution is 0.114. The SMILES string of the molecule is CC.CCCCC.CCc1nnc(NC(=O)N(C2CCCCC2)C2CCCCC2)s1.CO. The van der Waals surface area contributed by atoms with Crippen LogP contribution in [0.25, 0.3) is 0 Å². The molecule has 188 valence electrons. The topological polar surface area (TPSA) is 78.4 Å². The molecule has 0 unspecified atom stereocenters. The highest BCUT2D eigenvalue weighted by molar-refractivity contribution is 7.15. The van der Waals surface area contributed by atoms with Crippen LogP contribution in [0.4, 0.5) is 9.93 Å². The number of aliphatic hydroxyl groups is 1. The van der Waals surface area contributed by atoms with Gasteiger partial charge in [0.2, 0.25) is 5.13 Å². The first kappa shape index (κ1) is 30.8. The van der Waals surface area contributed by atoms with Crippen LogP contribution in [-0.2, 0) is 6.42 Å². The number of unbranched alkanes of at least 4 members (excludes halogenated alkanes) is 2. The predicted molar refractivity (Wildman–Crippen MR) is 139 cm³/mol. The highest BCUT2D eigenvalue weighted by Gasteiger charge is 2.32. The van der Waals surface area contributed by atoms with E-state index in [1.165, 1.54) is 69.1 Å². The number of carbonyl (C=O) groups is 1. The number of nitrogens with zero attached hydrogens (tertiary/aromatic N) is 3. The monoisotopic (exact) mass is 470 g/mol. The lowest BCUT2D eigenvalue weighted by Crippen LogP contribution is -2.50. The molecule has 0 saturated heterocycles. The molecule has 1 aromatic heterocycles. The third kappa shape index (κ3) is 11.6. The number of nitrogens with one attached hydrogen (secondary N) is 1. The second-order valence-corrected chi connectivity index (χ2v) is 9.19. The van der Waals surface area contributed by atoms with Crippen LogP contribution in [0.2, 0.25) is 0 Å². The number of rotatable bonds is 6. The fraction of sp³-hybridized carbons (Fsp3) is 0.880. The fourth-order valence-corrected chi connectivity index (χ4v) is 4.97. The zero-order chi connectivity index (χ0) is 24.2. The Bertz CT molecular complexity index is 536. The molecule has 0 spiro atoms. The summed E-state index contributed by atoms with van der Waals surface area (Å²) in [5.41, 5.74) is 0. The first-order chi connectivity index (χ1) is 15.7. The first-order valence-corrected chi connectivity index (χ1v) is 13.9. The molecule has 2 N–H and O–H groups in total. The minimum atomic E-state index is 0.0441. The molecule has 2 aliphatic rings. The molecule has 0 bridgehead atoms. The predicted octanol–water partition coefficient (Wildman–Crippen LogP) is 7.43. The van der Waals surface area contributed by atoms with E-state index in [9.17, 15) is 4.79 Å². The number of aryl methyl sites for hydroxylation is 1. The number of hydrogen-bond donors (Lipinski definition) is 2. The number of anilines is 1. The zero-order valence-electron chi connectivity index (χ0n) is 21.7. The number of amides is 2. The summed E-state index contributed by atoms with van der Waals surface area (Å²) < 4.78 is 0. The van der Waals surface area contributed by atoms with Gasteiger partial charge < -0.3 is 10.0 Å². The van der Waals surface area contributed by atoms with Gasteiger partial charge in [-0.1, -0.05) is 104 Å². The standard InChI is InChI=1S/C17H28N4OS.C5H12.C2H6.CH4O/c1-2-15-19-20-16(23-15)18-17(22)21(13-9-5-3-6-10-13)14-11-7-4-8-12-14;1-3-5-4-2;2*1-2/h13-14H,2-12H2,1H3,(H,18,20,22);3-5H2,1-2H3;1-2H3;2H,1H3. The summed E-state index contributed by atoms with van der Waals surface area (Å²) in [6.45, 7) is 10.5. The highest BCUT2D eigenvalue weighted by atomic mass is 32.1. The Balaban J connectivity index is 0.000000928. The van der Waals surface area contributed by atoms with Gasteiger partial charge in [0.05, 0.1) is 0 Å². The Kier molecular flexibility index (Phi) is 19.6. The molecule has 2 aliphatic carbocycles. The lowest BCUT2D eigenvalue weighted by Gasteiger charge is -2.41. The number of aromatic nitrogens is 2. The lowest BCUT2D eigenvalue weighted by atomic mass is 9.89. The Labute approximate surface area is 201 Å². The van der Waals surface area contributed by atoms with Gasteiger partial charge in [0.25, 0.3) is 0 Å². The van der Waals surface area contributed by atoms with Crippen LogP contribution in [0.3, 0.4) is 0 Å². The summed E-state index contributed by atoms with van der Waals surface area (Å²) in [6.07, 6.45) is 17.2. The summed E-state index contributed by atoms with van der Waals surface area (Å²) in [7, 11) is 1.00. The van der Waals surface area contributed by atoms with E-state index in [0.717, 1.165) is 44.2 Å². The van der Waals surface area contributed by atoms with Crippen LogP contribution >= 0.6 is 11.3 Å². The molecule has 0 aromatic carbocycles. The van der Waals surface area contributed by atoms with Gasteiger partial charge in [-0.25, -0.2) is 4.79 Å². The second kappa shape index (κ2) is 20.4. The first-order valence-electron chi connectivity index (χ1n) is 13.1. The molecule has 3 rings (SSSR count). The molecular weight excluding hydrogens is 420 g/mol. The summed E-state index contributed by atoms with van der Waals surface area (Å²) >= 11 is 1.49. The summed E-state index contributed by atoms with van der Waals surface area (Å²) in [4.78, 5) is 15.1. The highest BCUT2D eigenvalue weighted by Crippen LogP contribution is 2.31. The van der Waals surface area contributed by atoms with E-state index in [-0.39, 0.29) is 6.03 Å². The van der Waals surface area contributed by atoms with Crippen molar-refractivity contribution in [2.45, 2.75) is 137 Å². The van der Waals surface area contributed by atoms with Crippen molar-refractivity contribution in [2.24, 2.45) is 0 Å². The van der Waals surface area contributed by atoms with Gasteiger partial charge in [-0.2, -0.15) is 0 Å². The van der Waals surface area contributed by atoms with Crippen molar-refractivity contribution in [2.75, 3.05) is 12.4 Å². The summed E-state index contributed by atoms with van der Waals surface area (Å²) in [6, 6.07) is 0.860. The maximum absolute atomic E-state index is 13.0. The van der Waals surface area contributed by atoms with Gasteiger partial charge in [-0.05, 0) is 32.1 Å². The van der Waals surface area contributed by atoms with Crippen molar-refractivity contribution in [3.63, 3.8) is 0 Å². The van der Waals surface area contributed by atoms with Gasteiger partial charge in [0.1, 0.15) is 5.01 Å². The molecule has 0 radical (unpaired) electrons. The Morgan fingerprint density at radius 1 is 0.906 bits per heavy atom. The zero-order valence-corrected chi connectivity index (χ0v) is 22.5. The van der Waals surface area contributed by atoms with E-state index in [1.54, 1.807) is 0 Å². The largest absolute Gasteiger partial charge is 0.400 e. The van der Waals surface area contributed by atoms with Crippen LogP contribution in [0.5, 0.6) is 0 Å². The van der Waals surface area contributed by atoms with Gasteiger partial charge in [-0.15, -0.1) is 10.2 Å². The van der Waals surface area contributed by atoms with Gasteiger partial charge in [0.15, 0.2) is 0 Å². The maximum Gasteiger partial charge on any atom is 0.324 e. The molecule has 1 aromatic rings. The van der Waals surface area contributed by atoms with Crippen LogP contribution < -0.4 is 5.32 Å². The van der Waals surface area contributed by atoms with Crippen LogP contribution in [0.1, 0.15) is 123 Å². The van der Waals surface area contributed by atoms with Crippen LogP contribution in [0, 0.1) is 0 Å². The third-order valence-electron chi connectivity index (χ3n) is 5.86. The summed E-state index contributed by atoms with van der Waals surface area (Å²) in [5, 5.41) is 19.9. The third-order valence-corrected chi connectivity index (χ3v) is 6.84. The summed E-state index contributed by atoms with van der Waals surface area (Å²) in [5.74, 6) is 0. The van der Waals surface area contributed by atoms with Crippen LogP contribution in [0.15, 0.2) is 0 Å². The van der Waals surface area contributed by atoms with Crippen molar-refractivity contribution in [3.05, 3.63) is 5.01 Å². The molecule has 2 saturated carbocycles. The molecule has 0 aliphatic heterocycles. The quantitative estimate of drug-likeness (QED) is 0.453. The average molecular weight is 471 g/mol. The molecule has 1 heterocycles. The van der Waals surface area contributed by atoms with Crippen molar-refractivity contribution < 1.29 is 9.90 Å². The van der Waals surface area contributed by atoms with Crippen molar-refractivity contribution in [1.82, 2.24) is 15.1 Å². The van der Waals surface area contributed by atoms with Gasteiger partial charge in [0, 0.05) is 19.2 Å². The van der Waals surface area contributed by atoms with Gasteiger partial charge in [-0.3, -0.25) is 5.32 Å².